The SMILES string of the molecule is CCc1nc2c(C)ccnc2n1-c1c(C(=O)O)cc(C(C)C#N)c(C)c1C(=O)O. The Bertz CT molecular complexity index is 1200. The summed E-state index contributed by atoms with van der Waals surface area (Å²) < 4.78 is 1.52. The molecule has 0 amide bonds. The summed E-state index contributed by atoms with van der Waals surface area (Å²) in [5, 5.41) is 29.2. The molecule has 148 valence electrons. The molecule has 3 rings (SSSR count). The molecule has 0 fully saturated rings. The molecule has 2 N–H and O–H groups in total. The molecule has 1 unspecified atom stereocenters. The Morgan fingerprint density at radius 2 is 1.97 bits per heavy atom. The average Bonchev–Trinajstić information content (AvgIpc) is 3.06. The topological polar surface area (TPSA) is 129 Å². The Labute approximate surface area is 167 Å². The van der Waals surface area contributed by atoms with Crippen LogP contribution in [0.2, 0.25) is 0 Å². The second-order valence-corrected chi connectivity index (χ2v) is 6.84. The van der Waals surface area contributed by atoms with Crippen molar-refractivity contribution in [1.82, 2.24) is 14.5 Å². The lowest BCUT2D eigenvalue weighted by Crippen LogP contribution is -2.18. The zero-order chi connectivity index (χ0) is 21.5. The van der Waals surface area contributed by atoms with E-state index in [-0.39, 0.29) is 16.8 Å². The fourth-order valence-electron chi connectivity index (χ4n) is 3.58. The van der Waals surface area contributed by atoms with Gasteiger partial charge in [-0.15, -0.1) is 0 Å². The maximum absolute atomic E-state index is 12.2. The van der Waals surface area contributed by atoms with E-state index in [1.807, 2.05) is 13.8 Å². The summed E-state index contributed by atoms with van der Waals surface area (Å²) in [6.45, 7) is 6.91. The normalized spacial score (nSPS) is 12.0. The van der Waals surface area contributed by atoms with Crippen LogP contribution in [0.1, 0.15) is 63.0 Å². The first-order valence-electron chi connectivity index (χ1n) is 9.09. The first-order chi connectivity index (χ1) is 13.7. The van der Waals surface area contributed by atoms with Gasteiger partial charge in [0.25, 0.3) is 0 Å². The molecule has 1 atom stereocenters. The number of aromatic nitrogens is 3. The van der Waals surface area contributed by atoms with E-state index in [0.717, 1.165) is 5.56 Å². The lowest BCUT2D eigenvalue weighted by molar-refractivity contribution is 0.0695. The van der Waals surface area contributed by atoms with Crippen molar-refractivity contribution >= 4 is 23.1 Å². The third kappa shape index (κ3) is 3.10. The van der Waals surface area contributed by atoms with Crippen molar-refractivity contribution in [2.24, 2.45) is 0 Å². The van der Waals surface area contributed by atoms with Gasteiger partial charge in [-0.2, -0.15) is 5.26 Å². The number of nitrogens with zero attached hydrogens (tertiary/aromatic N) is 4. The van der Waals surface area contributed by atoms with Gasteiger partial charge in [-0.05, 0) is 49.6 Å². The second-order valence-electron chi connectivity index (χ2n) is 6.84. The number of carboxylic acids is 2. The number of carbonyl (C=O) groups is 2. The van der Waals surface area contributed by atoms with E-state index in [9.17, 15) is 25.1 Å². The van der Waals surface area contributed by atoms with Crippen LogP contribution in [0.25, 0.3) is 16.9 Å². The molecule has 0 saturated heterocycles. The molecule has 0 aliphatic heterocycles. The molecule has 29 heavy (non-hydrogen) atoms. The minimum Gasteiger partial charge on any atom is -0.478 e. The smallest absolute Gasteiger partial charge is 0.338 e. The molecule has 8 heteroatoms. The van der Waals surface area contributed by atoms with Crippen LogP contribution in [0.3, 0.4) is 0 Å². The number of aromatic carboxylic acids is 2. The predicted octanol–water partition coefficient (Wildman–Crippen LogP) is 3.62. The Kier molecular flexibility index (Phi) is 5.08. The molecule has 2 aromatic heterocycles. The molecule has 1 aromatic carbocycles. The van der Waals surface area contributed by atoms with Crippen molar-refractivity contribution < 1.29 is 19.8 Å². The molecule has 3 aromatic rings. The number of pyridine rings is 1. The largest absolute Gasteiger partial charge is 0.478 e. The summed E-state index contributed by atoms with van der Waals surface area (Å²) in [7, 11) is 0. The highest BCUT2D eigenvalue weighted by molar-refractivity contribution is 6.03. The number of hydrogen-bond donors (Lipinski definition) is 2. The highest BCUT2D eigenvalue weighted by atomic mass is 16.4. The van der Waals surface area contributed by atoms with Crippen molar-refractivity contribution in [3.8, 4) is 11.8 Å². The van der Waals surface area contributed by atoms with Gasteiger partial charge in [0, 0.05) is 12.6 Å². The highest BCUT2D eigenvalue weighted by Gasteiger charge is 2.29. The number of fused-ring (bicyclic) bond motifs is 1. The van der Waals surface area contributed by atoms with Crippen LogP contribution in [0.5, 0.6) is 0 Å². The van der Waals surface area contributed by atoms with Gasteiger partial charge in [0.2, 0.25) is 0 Å². The summed E-state index contributed by atoms with van der Waals surface area (Å²) in [4.78, 5) is 33.3. The predicted molar refractivity (Wildman–Crippen MR) is 106 cm³/mol. The fraction of sp³-hybridized carbons (Fsp3) is 0.286. The van der Waals surface area contributed by atoms with Crippen molar-refractivity contribution in [1.29, 1.82) is 5.26 Å². The van der Waals surface area contributed by atoms with E-state index < -0.39 is 17.9 Å². The van der Waals surface area contributed by atoms with Crippen LogP contribution in [-0.4, -0.2) is 36.7 Å². The van der Waals surface area contributed by atoms with Gasteiger partial charge in [-0.3, -0.25) is 4.57 Å². The van der Waals surface area contributed by atoms with E-state index in [1.165, 1.54) is 10.6 Å². The minimum absolute atomic E-state index is 0.00818. The van der Waals surface area contributed by atoms with Crippen LogP contribution >= 0.6 is 0 Å². The summed E-state index contributed by atoms with van der Waals surface area (Å²) >= 11 is 0. The molecule has 0 spiro atoms. The Morgan fingerprint density at radius 1 is 1.28 bits per heavy atom. The average molecular weight is 392 g/mol. The van der Waals surface area contributed by atoms with Crippen LogP contribution in [0.4, 0.5) is 0 Å². The summed E-state index contributed by atoms with van der Waals surface area (Å²) in [6.07, 6.45) is 2.03. The van der Waals surface area contributed by atoms with E-state index >= 15 is 0 Å². The standard InChI is InChI=1S/C21H20N4O4/c1-5-15-24-17-10(2)6-7-23-19(17)25(15)18-14(20(26)27)8-13(11(3)9-22)12(4)16(18)21(28)29/h6-8,11H,5H2,1-4H3,(H,26,27)(H,28,29). The van der Waals surface area contributed by atoms with Gasteiger partial charge in [0.15, 0.2) is 5.65 Å². The summed E-state index contributed by atoms with van der Waals surface area (Å²) in [5.41, 5.74) is 2.19. The summed E-state index contributed by atoms with van der Waals surface area (Å²) in [5.74, 6) is -2.72. The lowest BCUT2D eigenvalue weighted by Gasteiger charge is -2.19. The van der Waals surface area contributed by atoms with Crippen LogP contribution in [-0.2, 0) is 6.42 Å². The van der Waals surface area contributed by atoms with Gasteiger partial charge in [0.05, 0.1) is 28.8 Å². The van der Waals surface area contributed by atoms with Gasteiger partial charge < -0.3 is 10.2 Å². The Balaban J connectivity index is 2.57. The molecule has 0 radical (unpaired) electrons. The van der Waals surface area contributed by atoms with Crippen LogP contribution in [0.15, 0.2) is 18.3 Å². The molecule has 0 aliphatic rings. The number of hydrogen-bond acceptors (Lipinski definition) is 5. The van der Waals surface area contributed by atoms with Gasteiger partial charge in [-0.1, -0.05) is 6.92 Å². The maximum Gasteiger partial charge on any atom is 0.338 e. The number of nitriles is 1. The zero-order valence-electron chi connectivity index (χ0n) is 16.5. The number of carboxylic acid groups (broad SMARTS) is 2. The van der Waals surface area contributed by atoms with Gasteiger partial charge in [-0.25, -0.2) is 19.6 Å². The van der Waals surface area contributed by atoms with Crippen LogP contribution in [0, 0.1) is 25.2 Å². The molecule has 8 nitrogen and oxygen atoms in total. The van der Waals surface area contributed by atoms with Crippen LogP contribution < -0.4 is 0 Å². The lowest BCUT2D eigenvalue weighted by atomic mass is 9.89. The number of rotatable bonds is 5. The van der Waals surface area contributed by atoms with E-state index in [1.54, 1.807) is 26.1 Å². The van der Waals surface area contributed by atoms with Crippen molar-refractivity contribution in [3.63, 3.8) is 0 Å². The van der Waals surface area contributed by atoms with Crippen molar-refractivity contribution in [2.45, 2.75) is 40.0 Å². The molecule has 2 heterocycles. The Hall–Kier alpha value is -3.73. The van der Waals surface area contributed by atoms with E-state index in [0.29, 0.717) is 34.5 Å². The summed E-state index contributed by atoms with van der Waals surface area (Å²) in [6, 6.07) is 5.22. The first-order valence-corrected chi connectivity index (χ1v) is 9.09. The molecular weight excluding hydrogens is 372 g/mol. The fourth-order valence-corrected chi connectivity index (χ4v) is 3.58. The van der Waals surface area contributed by atoms with Crippen molar-refractivity contribution in [2.75, 3.05) is 0 Å². The van der Waals surface area contributed by atoms with Crippen molar-refractivity contribution in [3.05, 3.63) is 52.0 Å². The minimum atomic E-state index is -1.29. The number of imidazole rings is 1. The number of benzene rings is 1. The molecule has 0 bridgehead atoms. The van der Waals surface area contributed by atoms with Gasteiger partial charge in [0.1, 0.15) is 11.3 Å². The Morgan fingerprint density at radius 3 is 2.52 bits per heavy atom. The van der Waals surface area contributed by atoms with E-state index in [2.05, 4.69) is 16.0 Å². The van der Waals surface area contributed by atoms with Gasteiger partial charge >= 0.3 is 11.9 Å². The molecule has 0 aliphatic carbocycles. The monoisotopic (exact) mass is 392 g/mol. The molecule has 0 saturated carbocycles. The third-order valence-electron chi connectivity index (χ3n) is 5.06. The highest BCUT2D eigenvalue weighted by Crippen LogP contribution is 2.34. The van der Waals surface area contributed by atoms with E-state index in [4.69, 9.17) is 0 Å². The quantitative estimate of drug-likeness (QED) is 0.678. The zero-order valence-corrected chi connectivity index (χ0v) is 16.5. The first kappa shape index (κ1) is 20.0. The third-order valence-corrected chi connectivity index (χ3v) is 5.06. The molecular formula is C21H20N4O4. The second kappa shape index (κ2) is 7.36. The maximum atomic E-state index is 12.2. The number of aryl methyl sites for hydroxylation is 2.